The summed E-state index contributed by atoms with van der Waals surface area (Å²) in [5.74, 6) is -2.38. The lowest BCUT2D eigenvalue weighted by Crippen LogP contribution is -2.35. The topological polar surface area (TPSA) is 102 Å². The lowest BCUT2D eigenvalue weighted by atomic mass is 10.2. The van der Waals surface area contributed by atoms with E-state index in [1.165, 1.54) is 0 Å². The van der Waals surface area contributed by atoms with Crippen molar-refractivity contribution in [1.29, 1.82) is 0 Å². The molecule has 0 aliphatic rings. The average molecular weight is 575 g/mol. The van der Waals surface area contributed by atoms with Gasteiger partial charge in [-0.2, -0.15) is 13.1 Å². The largest absolute Gasteiger partial charge is 0.395 e. The van der Waals surface area contributed by atoms with Crippen LogP contribution in [0.3, 0.4) is 0 Å². The number of hydrogen-bond acceptors (Lipinski definition) is 5. The van der Waals surface area contributed by atoms with Crippen LogP contribution in [0.25, 0.3) is 0 Å². The van der Waals surface area contributed by atoms with E-state index in [9.17, 15) is 17.2 Å². The van der Waals surface area contributed by atoms with Crippen LogP contribution in [0.1, 0.15) is 13.3 Å². The molecule has 0 saturated carbocycles. The zero-order valence-electron chi connectivity index (χ0n) is 16.0. The second-order valence-electron chi connectivity index (χ2n) is 6.42. The van der Waals surface area contributed by atoms with Gasteiger partial charge in [0.05, 0.1) is 23.0 Å². The predicted octanol–water partition coefficient (Wildman–Crippen LogP) is 3.57. The molecule has 0 fully saturated rings. The molecule has 0 heterocycles. The first-order valence-electron chi connectivity index (χ1n) is 8.94. The van der Waals surface area contributed by atoms with Crippen molar-refractivity contribution in [3.63, 3.8) is 0 Å². The maximum absolute atomic E-state index is 14.4. The Morgan fingerprint density at radius 1 is 1.17 bits per heavy atom. The number of aliphatic hydroxyl groups excluding tert-OH is 1. The van der Waals surface area contributed by atoms with Crippen LogP contribution >= 0.6 is 34.2 Å². The van der Waals surface area contributed by atoms with E-state index in [4.69, 9.17) is 16.7 Å². The molecule has 0 bridgehead atoms. The van der Waals surface area contributed by atoms with Gasteiger partial charge < -0.3 is 15.7 Å². The molecule has 2 aromatic carbocycles. The molecule has 0 spiro atoms. The molecule has 0 amide bonds. The van der Waals surface area contributed by atoms with Crippen molar-refractivity contribution >= 4 is 61.5 Å². The van der Waals surface area contributed by atoms with Gasteiger partial charge in [0.2, 0.25) is 0 Å². The molecular weight excluding hydrogens is 553 g/mol. The van der Waals surface area contributed by atoms with Crippen molar-refractivity contribution < 1.29 is 22.3 Å². The van der Waals surface area contributed by atoms with E-state index in [1.54, 1.807) is 25.1 Å². The zero-order valence-corrected chi connectivity index (χ0v) is 19.7. The number of rotatable bonds is 11. The lowest BCUT2D eigenvalue weighted by Gasteiger charge is -2.17. The SMILES string of the molecule is CC(CO)NCCCNS(=O)(=O)Nc1ccc(F)c(F)c1Nc1ccc(I)cc1Cl. The van der Waals surface area contributed by atoms with Crippen molar-refractivity contribution in [2.24, 2.45) is 0 Å². The molecule has 0 aliphatic heterocycles. The third-order valence-corrected chi connectivity index (χ3v) is 6.00. The molecule has 7 nitrogen and oxygen atoms in total. The van der Waals surface area contributed by atoms with Crippen molar-refractivity contribution in [2.75, 3.05) is 29.7 Å². The van der Waals surface area contributed by atoms with Gasteiger partial charge in [-0.15, -0.1) is 0 Å². The smallest absolute Gasteiger partial charge is 0.299 e. The van der Waals surface area contributed by atoms with E-state index in [2.05, 4.69) is 42.7 Å². The maximum Gasteiger partial charge on any atom is 0.299 e. The van der Waals surface area contributed by atoms with Gasteiger partial charge in [-0.1, -0.05) is 11.6 Å². The first-order valence-corrected chi connectivity index (χ1v) is 11.9. The Morgan fingerprint density at radius 2 is 1.87 bits per heavy atom. The van der Waals surface area contributed by atoms with Gasteiger partial charge in [-0.05, 0) is 72.8 Å². The Bertz CT molecular complexity index is 982. The average Bonchev–Trinajstić information content (AvgIpc) is 2.68. The van der Waals surface area contributed by atoms with Gasteiger partial charge in [0.15, 0.2) is 11.6 Å². The van der Waals surface area contributed by atoms with Gasteiger partial charge in [0, 0.05) is 16.2 Å². The standard InChI is InChI=1S/C18H22ClF2IN4O3S/c1-11(10-27)23-7-2-8-24-30(28,29)26-16-6-4-14(20)17(21)18(16)25-15-5-3-12(22)9-13(15)19/h3-6,9,11,23-27H,2,7-8,10H2,1H3. The van der Waals surface area contributed by atoms with Crippen molar-refractivity contribution in [1.82, 2.24) is 10.0 Å². The molecule has 5 N–H and O–H groups in total. The van der Waals surface area contributed by atoms with E-state index in [1.807, 2.05) is 0 Å². The van der Waals surface area contributed by atoms with Gasteiger partial charge in [-0.3, -0.25) is 4.72 Å². The van der Waals surface area contributed by atoms with Crippen LogP contribution in [0.5, 0.6) is 0 Å². The molecule has 0 aliphatic carbocycles. The number of nitrogens with one attached hydrogen (secondary N) is 4. The first kappa shape index (κ1) is 25.0. The Balaban J connectivity index is 2.12. The Kier molecular flexibility index (Phi) is 9.50. The Labute approximate surface area is 192 Å². The fourth-order valence-corrected chi connectivity index (χ4v) is 4.22. The molecular formula is C18H22ClF2IN4O3S. The molecule has 0 radical (unpaired) electrons. The summed E-state index contributed by atoms with van der Waals surface area (Å²) in [4.78, 5) is 0. The maximum atomic E-state index is 14.4. The molecule has 0 saturated heterocycles. The van der Waals surface area contributed by atoms with Crippen LogP contribution in [-0.4, -0.2) is 39.3 Å². The van der Waals surface area contributed by atoms with Crippen LogP contribution in [0.2, 0.25) is 5.02 Å². The molecule has 30 heavy (non-hydrogen) atoms. The van der Waals surface area contributed by atoms with Crippen molar-refractivity contribution in [3.05, 3.63) is 50.6 Å². The number of aliphatic hydroxyl groups is 1. The summed E-state index contributed by atoms with van der Waals surface area (Å²) in [6.45, 7) is 2.37. The lowest BCUT2D eigenvalue weighted by molar-refractivity contribution is 0.251. The minimum Gasteiger partial charge on any atom is -0.395 e. The summed E-state index contributed by atoms with van der Waals surface area (Å²) in [6.07, 6.45) is 0.465. The van der Waals surface area contributed by atoms with Gasteiger partial charge >= 0.3 is 0 Å². The Hall–Kier alpha value is -1.25. The number of anilines is 3. The minimum absolute atomic E-state index is 0.0240. The molecule has 166 valence electrons. The van der Waals surface area contributed by atoms with Gasteiger partial charge in [0.25, 0.3) is 10.2 Å². The summed E-state index contributed by atoms with van der Waals surface area (Å²) in [7, 11) is -4.04. The van der Waals surface area contributed by atoms with Crippen molar-refractivity contribution in [2.45, 2.75) is 19.4 Å². The highest BCUT2D eigenvalue weighted by atomic mass is 127. The van der Waals surface area contributed by atoms with Crippen molar-refractivity contribution in [3.8, 4) is 0 Å². The normalized spacial score (nSPS) is 12.6. The predicted molar refractivity (Wildman–Crippen MR) is 124 cm³/mol. The number of hydrogen-bond donors (Lipinski definition) is 5. The van der Waals surface area contributed by atoms with E-state index < -0.39 is 21.8 Å². The van der Waals surface area contributed by atoms with Crippen LogP contribution in [0.4, 0.5) is 25.8 Å². The fraction of sp³-hybridized carbons (Fsp3) is 0.333. The van der Waals surface area contributed by atoms with Gasteiger partial charge in [-0.25, -0.2) is 8.78 Å². The number of benzene rings is 2. The summed E-state index contributed by atoms with van der Waals surface area (Å²) in [5.41, 5.74) is -0.274. The monoisotopic (exact) mass is 574 g/mol. The Morgan fingerprint density at radius 3 is 2.53 bits per heavy atom. The van der Waals surface area contributed by atoms with Crippen LogP contribution in [0.15, 0.2) is 30.3 Å². The van der Waals surface area contributed by atoms with E-state index in [-0.39, 0.29) is 35.6 Å². The van der Waals surface area contributed by atoms with Crippen LogP contribution < -0.4 is 20.1 Å². The van der Waals surface area contributed by atoms with Crippen LogP contribution in [0, 0.1) is 15.2 Å². The summed E-state index contributed by atoms with van der Waals surface area (Å²) < 4.78 is 58.2. The quantitative estimate of drug-likeness (QED) is 0.209. The number of halogens is 4. The summed E-state index contributed by atoms with van der Waals surface area (Å²) in [5, 5.41) is 14.9. The fourth-order valence-electron chi connectivity index (χ4n) is 2.37. The van der Waals surface area contributed by atoms with E-state index >= 15 is 0 Å². The van der Waals surface area contributed by atoms with E-state index in [0.29, 0.717) is 18.7 Å². The summed E-state index contributed by atoms with van der Waals surface area (Å²) >= 11 is 8.18. The second kappa shape index (κ2) is 11.4. The third-order valence-electron chi connectivity index (χ3n) is 3.94. The second-order valence-corrected chi connectivity index (χ2v) is 9.58. The minimum atomic E-state index is -4.04. The molecule has 1 atom stereocenters. The van der Waals surface area contributed by atoms with E-state index in [0.717, 1.165) is 15.7 Å². The first-order chi connectivity index (χ1) is 14.1. The highest BCUT2D eigenvalue weighted by molar-refractivity contribution is 14.1. The molecule has 1 unspecified atom stereocenters. The zero-order chi connectivity index (χ0) is 22.3. The molecule has 12 heteroatoms. The highest BCUT2D eigenvalue weighted by Crippen LogP contribution is 2.34. The summed E-state index contributed by atoms with van der Waals surface area (Å²) in [6, 6.07) is 6.76. The third kappa shape index (κ3) is 7.46. The van der Waals surface area contributed by atoms with Gasteiger partial charge in [0.1, 0.15) is 5.69 Å². The molecule has 0 aromatic heterocycles. The highest BCUT2D eigenvalue weighted by Gasteiger charge is 2.19. The van der Waals surface area contributed by atoms with Crippen LogP contribution in [-0.2, 0) is 10.2 Å². The molecule has 2 aromatic rings. The molecule has 2 rings (SSSR count).